The predicted molar refractivity (Wildman–Crippen MR) is 110 cm³/mol. The molecule has 7 rings (SSSR count). The molecule has 4 aliphatic carbocycles. The van der Waals surface area contributed by atoms with Crippen molar-refractivity contribution in [1.29, 1.82) is 0 Å². The van der Waals surface area contributed by atoms with Crippen LogP contribution in [0, 0.1) is 17.8 Å². The maximum atomic E-state index is 6.31. The summed E-state index contributed by atoms with van der Waals surface area (Å²) in [4.78, 5) is 0. The summed E-state index contributed by atoms with van der Waals surface area (Å²) in [6.07, 6.45) is 12.2. The molecule has 2 heterocycles. The summed E-state index contributed by atoms with van der Waals surface area (Å²) in [6.45, 7) is 1.04. The smallest absolute Gasteiger partial charge is 0.133 e. The summed E-state index contributed by atoms with van der Waals surface area (Å²) >= 11 is 6.31. The van der Waals surface area contributed by atoms with Crippen molar-refractivity contribution >= 4 is 17.4 Å². The van der Waals surface area contributed by atoms with E-state index < -0.39 is 0 Å². The lowest BCUT2D eigenvalue weighted by Gasteiger charge is -2.56. The Morgan fingerprint density at radius 3 is 2.48 bits per heavy atom. The standard InChI is InChI=1S/C23H28ClN3/c24-18-4-3-5-19(11-18)27-22-20(6-1-2-7-25-22)21(26-27)23-12-15-8-16(13-23)10-17(9-15)14-23/h3-5,11,15-17,25H,1-2,6-10,12-14H2. The first-order chi connectivity index (χ1) is 13.2. The summed E-state index contributed by atoms with van der Waals surface area (Å²) in [5.74, 6) is 4.08. The average Bonchev–Trinajstić information content (AvgIpc) is 2.83. The Kier molecular flexibility index (Phi) is 3.66. The van der Waals surface area contributed by atoms with Gasteiger partial charge >= 0.3 is 0 Å². The Hall–Kier alpha value is -1.48. The zero-order valence-electron chi connectivity index (χ0n) is 15.9. The molecule has 5 aliphatic rings. The molecule has 0 unspecified atom stereocenters. The maximum Gasteiger partial charge on any atom is 0.133 e. The van der Waals surface area contributed by atoms with Crippen LogP contribution in [0.15, 0.2) is 24.3 Å². The van der Waals surface area contributed by atoms with E-state index in [4.69, 9.17) is 16.7 Å². The molecule has 1 aromatic carbocycles. The van der Waals surface area contributed by atoms with E-state index in [2.05, 4.69) is 16.1 Å². The van der Waals surface area contributed by atoms with Gasteiger partial charge in [0, 0.05) is 22.5 Å². The lowest BCUT2D eigenvalue weighted by atomic mass is 9.48. The molecule has 1 aliphatic heterocycles. The lowest BCUT2D eigenvalue weighted by Crippen LogP contribution is -2.49. The first kappa shape index (κ1) is 16.5. The molecule has 1 aromatic heterocycles. The molecule has 3 nitrogen and oxygen atoms in total. The average molecular weight is 382 g/mol. The predicted octanol–water partition coefficient (Wildman–Crippen LogP) is 5.74. The first-order valence-corrected chi connectivity index (χ1v) is 11.2. The van der Waals surface area contributed by atoms with Crippen LogP contribution in [0.25, 0.3) is 5.69 Å². The fourth-order valence-corrected chi connectivity index (χ4v) is 7.31. The third kappa shape index (κ3) is 2.57. The SMILES string of the molecule is Clc1cccc(-n2nc(C34CC5CC(CC(C5)C3)C4)c3c2NCCCC3)c1. The lowest BCUT2D eigenvalue weighted by molar-refractivity contribution is -0.00773. The number of nitrogens with zero attached hydrogens (tertiary/aromatic N) is 2. The summed E-state index contributed by atoms with van der Waals surface area (Å²) in [7, 11) is 0. The van der Waals surface area contributed by atoms with Crippen molar-refractivity contribution in [1.82, 2.24) is 9.78 Å². The fraction of sp³-hybridized carbons (Fsp3) is 0.609. The third-order valence-electron chi connectivity index (χ3n) is 7.72. The van der Waals surface area contributed by atoms with E-state index in [0.29, 0.717) is 5.41 Å². The van der Waals surface area contributed by atoms with E-state index in [1.807, 2.05) is 18.2 Å². The second kappa shape index (κ2) is 6.01. The molecule has 1 N–H and O–H groups in total. The molecular weight excluding hydrogens is 354 g/mol. The van der Waals surface area contributed by atoms with Crippen LogP contribution in [0.2, 0.25) is 5.02 Å². The van der Waals surface area contributed by atoms with Gasteiger partial charge in [-0.2, -0.15) is 5.10 Å². The summed E-state index contributed by atoms with van der Waals surface area (Å²) in [5.41, 5.74) is 4.37. The molecule has 142 valence electrons. The van der Waals surface area contributed by atoms with Crippen molar-refractivity contribution in [2.45, 2.75) is 63.2 Å². The van der Waals surface area contributed by atoms with Crippen molar-refractivity contribution in [2.75, 3.05) is 11.9 Å². The number of benzene rings is 1. The van der Waals surface area contributed by atoms with E-state index in [9.17, 15) is 0 Å². The Bertz CT molecular complexity index is 848. The van der Waals surface area contributed by atoms with E-state index >= 15 is 0 Å². The van der Waals surface area contributed by atoms with E-state index in [-0.39, 0.29) is 0 Å². The Balaban J connectivity index is 1.52. The topological polar surface area (TPSA) is 29.9 Å². The molecule has 2 aromatic rings. The van der Waals surface area contributed by atoms with Crippen LogP contribution in [-0.2, 0) is 11.8 Å². The van der Waals surface area contributed by atoms with E-state index in [1.54, 1.807) is 0 Å². The summed E-state index contributed by atoms with van der Waals surface area (Å²) in [5, 5.41) is 9.83. The minimum absolute atomic E-state index is 0.342. The van der Waals surface area contributed by atoms with Crippen LogP contribution >= 0.6 is 11.6 Å². The summed E-state index contributed by atoms with van der Waals surface area (Å²) < 4.78 is 2.17. The molecule has 4 fully saturated rings. The number of aromatic nitrogens is 2. The largest absolute Gasteiger partial charge is 0.370 e. The highest BCUT2D eigenvalue weighted by atomic mass is 35.5. The monoisotopic (exact) mass is 381 g/mol. The number of anilines is 1. The fourth-order valence-electron chi connectivity index (χ4n) is 7.12. The quantitative estimate of drug-likeness (QED) is 0.718. The number of hydrogen-bond acceptors (Lipinski definition) is 2. The molecular formula is C23H28ClN3. The highest BCUT2D eigenvalue weighted by molar-refractivity contribution is 6.30. The Morgan fingerprint density at radius 2 is 1.78 bits per heavy atom. The van der Waals surface area contributed by atoms with Crippen LogP contribution in [0.1, 0.15) is 62.6 Å². The third-order valence-corrected chi connectivity index (χ3v) is 7.96. The second-order valence-corrected chi connectivity index (χ2v) is 10.1. The van der Waals surface area contributed by atoms with Gasteiger partial charge in [0.05, 0.1) is 11.4 Å². The summed E-state index contributed by atoms with van der Waals surface area (Å²) in [6, 6.07) is 8.16. The van der Waals surface area contributed by atoms with Crippen molar-refractivity contribution in [3.05, 3.63) is 40.5 Å². The molecule has 0 spiro atoms. The van der Waals surface area contributed by atoms with Crippen LogP contribution < -0.4 is 5.32 Å². The van der Waals surface area contributed by atoms with Crippen LogP contribution in [-0.4, -0.2) is 16.3 Å². The van der Waals surface area contributed by atoms with Crippen LogP contribution in [0.5, 0.6) is 0 Å². The minimum Gasteiger partial charge on any atom is -0.370 e. The van der Waals surface area contributed by atoms with Crippen molar-refractivity contribution < 1.29 is 0 Å². The zero-order valence-corrected chi connectivity index (χ0v) is 16.6. The van der Waals surface area contributed by atoms with Gasteiger partial charge in [-0.05, 0) is 93.7 Å². The van der Waals surface area contributed by atoms with Gasteiger partial charge in [0.25, 0.3) is 0 Å². The van der Waals surface area contributed by atoms with Crippen molar-refractivity contribution in [2.24, 2.45) is 17.8 Å². The van der Waals surface area contributed by atoms with Crippen LogP contribution in [0.3, 0.4) is 0 Å². The van der Waals surface area contributed by atoms with Crippen molar-refractivity contribution in [3.8, 4) is 5.69 Å². The highest BCUT2D eigenvalue weighted by Crippen LogP contribution is 2.61. The normalized spacial score (nSPS) is 34.2. The van der Waals surface area contributed by atoms with E-state index in [1.165, 1.54) is 74.9 Å². The van der Waals surface area contributed by atoms with Gasteiger partial charge in [-0.25, -0.2) is 4.68 Å². The van der Waals surface area contributed by atoms with Gasteiger partial charge in [-0.3, -0.25) is 0 Å². The van der Waals surface area contributed by atoms with Gasteiger partial charge < -0.3 is 5.32 Å². The second-order valence-electron chi connectivity index (χ2n) is 9.65. The Labute approximate surface area is 166 Å². The van der Waals surface area contributed by atoms with Gasteiger partial charge in [0.15, 0.2) is 0 Å². The van der Waals surface area contributed by atoms with Gasteiger partial charge in [-0.1, -0.05) is 17.7 Å². The minimum atomic E-state index is 0.342. The number of rotatable bonds is 2. The Morgan fingerprint density at radius 1 is 1.04 bits per heavy atom. The van der Waals surface area contributed by atoms with Crippen molar-refractivity contribution in [3.63, 3.8) is 0 Å². The van der Waals surface area contributed by atoms with Gasteiger partial charge in [0.2, 0.25) is 0 Å². The van der Waals surface area contributed by atoms with Crippen LogP contribution in [0.4, 0.5) is 5.82 Å². The molecule has 27 heavy (non-hydrogen) atoms. The van der Waals surface area contributed by atoms with Gasteiger partial charge in [0.1, 0.15) is 5.82 Å². The molecule has 4 bridgehead atoms. The molecule has 0 radical (unpaired) electrons. The first-order valence-electron chi connectivity index (χ1n) is 10.8. The zero-order chi connectivity index (χ0) is 18.0. The number of halogens is 1. The number of nitrogens with one attached hydrogen (secondary N) is 1. The number of hydrogen-bond donors (Lipinski definition) is 1. The molecule has 0 saturated heterocycles. The highest BCUT2D eigenvalue weighted by Gasteiger charge is 2.53. The van der Waals surface area contributed by atoms with Gasteiger partial charge in [-0.15, -0.1) is 0 Å². The molecule has 4 saturated carbocycles. The molecule has 4 heteroatoms. The number of fused-ring (bicyclic) bond motifs is 1. The van der Waals surface area contributed by atoms with E-state index in [0.717, 1.165) is 35.0 Å². The molecule has 0 amide bonds. The maximum absolute atomic E-state index is 6.31. The molecule has 0 atom stereocenters.